The molecule has 4 rings (SSSR count). The summed E-state index contributed by atoms with van der Waals surface area (Å²) >= 11 is 1.39. The highest BCUT2D eigenvalue weighted by atomic mass is 32.1. The van der Waals surface area contributed by atoms with Gasteiger partial charge in [0.25, 0.3) is 17.5 Å². The molecule has 3 N–H and O–H groups in total. The fraction of sp³-hybridized carbons (Fsp3) is 0.455. The summed E-state index contributed by atoms with van der Waals surface area (Å²) in [4.78, 5) is 39.4. The first-order valence-electron chi connectivity index (χ1n) is 10.7. The molecule has 1 aliphatic carbocycles. The van der Waals surface area contributed by atoms with Crippen molar-refractivity contribution in [1.29, 1.82) is 0 Å². The van der Waals surface area contributed by atoms with Gasteiger partial charge >= 0.3 is 0 Å². The molecule has 0 bridgehead atoms. The lowest BCUT2D eigenvalue weighted by Crippen LogP contribution is -2.30. The van der Waals surface area contributed by atoms with Gasteiger partial charge in [0, 0.05) is 29.6 Å². The van der Waals surface area contributed by atoms with E-state index in [0.29, 0.717) is 16.3 Å². The molecule has 0 spiro atoms. The molecule has 2 aromatic rings. The van der Waals surface area contributed by atoms with Crippen LogP contribution >= 0.6 is 11.3 Å². The Bertz CT molecular complexity index is 1030. The minimum absolute atomic E-state index is 0.0772. The van der Waals surface area contributed by atoms with Gasteiger partial charge in [-0.15, -0.1) is 11.3 Å². The van der Waals surface area contributed by atoms with Crippen molar-refractivity contribution >= 4 is 39.5 Å². The van der Waals surface area contributed by atoms with E-state index in [1.54, 1.807) is 12.1 Å². The second kappa shape index (κ2) is 9.05. The number of benzene rings is 1. The van der Waals surface area contributed by atoms with Crippen LogP contribution in [0, 0.1) is 10.1 Å². The van der Waals surface area contributed by atoms with Crippen molar-refractivity contribution in [2.45, 2.75) is 51.4 Å². The number of hydrogen-bond donors (Lipinski definition) is 2. The van der Waals surface area contributed by atoms with Crippen molar-refractivity contribution in [2.75, 3.05) is 23.3 Å². The van der Waals surface area contributed by atoms with E-state index in [4.69, 9.17) is 5.73 Å². The number of anilines is 2. The molecular formula is C22H26N4O4S. The van der Waals surface area contributed by atoms with Crippen LogP contribution < -0.4 is 16.0 Å². The molecule has 2 heterocycles. The number of thiophene rings is 1. The molecule has 1 fully saturated rings. The average Bonchev–Trinajstić information content (AvgIpc) is 2.94. The molecule has 0 unspecified atom stereocenters. The van der Waals surface area contributed by atoms with Crippen LogP contribution in [-0.2, 0) is 12.8 Å². The molecule has 0 radical (unpaired) electrons. The second-order valence-electron chi connectivity index (χ2n) is 8.10. The van der Waals surface area contributed by atoms with Crippen LogP contribution in [0.5, 0.6) is 0 Å². The number of nitrogens with zero attached hydrogens (tertiary/aromatic N) is 2. The molecule has 2 aliphatic rings. The van der Waals surface area contributed by atoms with E-state index < -0.39 is 16.7 Å². The number of aryl methyl sites for hydroxylation is 1. The van der Waals surface area contributed by atoms with E-state index in [0.717, 1.165) is 74.9 Å². The molecule has 164 valence electrons. The highest BCUT2D eigenvalue weighted by molar-refractivity contribution is 7.17. The molecule has 1 aromatic carbocycles. The number of fused-ring (bicyclic) bond motifs is 1. The van der Waals surface area contributed by atoms with Gasteiger partial charge in [0.05, 0.1) is 10.5 Å². The van der Waals surface area contributed by atoms with Crippen LogP contribution in [0.25, 0.3) is 0 Å². The summed E-state index contributed by atoms with van der Waals surface area (Å²) in [5.41, 5.74) is 7.61. The third-order valence-corrected chi connectivity index (χ3v) is 7.23. The Kier molecular flexibility index (Phi) is 6.22. The topological polar surface area (TPSA) is 119 Å². The minimum Gasteiger partial charge on any atom is -0.366 e. The average molecular weight is 443 g/mol. The van der Waals surface area contributed by atoms with E-state index >= 15 is 0 Å². The van der Waals surface area contributed by atoms with Gasteiger partial charge in [0.1, 0.15) is 10.7 Å². The smallest absolute Gasteiger partial charge is 0.293 e. The number of hydrogen-bond acceptors (Lipinski definition) is 6. The number of piperidine rings is 1. The Morgan fingerprint density at radius 3 is 2.48 bits per heavy atom. The zero-order valence-corrected chi connectivity index (χ0v) is 18.1. The summed E-state index contributed by atoms with van der Waals surface area (Å²) in [6.45, 7) is 1.55. The number of nitrogens with one attached hydrogen (secondary N) is 1. The van der Waals surface area contributed by atoms with Gasteiger partial charge in [-0.3, -0.25) is 19.7 Å². The number of amides is 2. The maximum Gasteiger partial charge on any atom is 0.293 e. The van der Waals surface area contributed by atoms with E-state index in [2.05, 4.69) is 5.32 Å². The van der Waals surface area contributed by atoms with Gasteiger partial charge in [0.15, 0.2) is 0 Å². The zero-order chi connectivity index (χ0) is 22.0. The molecule has 2 amide bonds. The van der Waals surface area contributed by atoms with Crippen LogP contribution in [0.2, 0.25) is 0 Å². The van der Waals surface area contributed by atoms with E-state index in [1.807, 2.05) is 4.90 Å². The Balaban J connectivity index is 1.62. The zero-order valence-electron chi connectivity index (χ0n) is 17.3. The van der Waals surface area contributed by atoms with Crippen molar-refractivity contribution in [2.24, 2.45) is 5.73 Å². The first-order chi connectivity index (χ1) is 15.0. The van der Waals surface area contributed by atoms with Crippen molar-refractivity contribution < 1.29 is 14.5 Å². The quantitative estimate of drug-likeness (QED) is 0.407. The van der Waals surface area contributed by atoms with Gasteiger partial charge in [-0.05, 0) is 62.6 Å². The Morgan fingerprint density at radius 1 is 1.06 bits per heavy atom. The highest BCUT2D eigenvalue weighted by Crippen LogP contribution is 2.38. The van der Waals surface area contributed by atoms with E-state index in [1.165, 1.54) is 17.4 Å². The summed E-state index contributed by atoms with van der Waals surface area (Å²) in [6.07, 6.45) is 7.90. The molecule has 1 saturated heterocycles. The molecule has 0 saturated carbocycles. The van der Waals surface area contributed by atoms with Crippen molar-refractivity contribution in [1.82, 2.24) is 0 Å². The minimum atomic E-state index is -0.555. The molecule has 1 aliphatic heterocycles. The monoisotopic (exact) mass is 442 g/mol. The fourth-order valence-electron chi connectivity index (χ4n) is 4.48. The van der Waals surface area contributed by atoms with Crippen LogP contribution in [-0.4, -0.2) is 29.8 Å². The number of nitrogens with two attached hydrogens (primary N) is 1. The molecule has 31 heavy (non-hydrogen) atoms. The molecule has 1 aromatic heterocycles. The van der Waals surface area contributed by atoms with Crippen LogP contribution in [0.3, 0.4) is 0 Å². The maximum absolute atomic E-state index is 12.9. The number of rotatable bonds is 5. The normalized spacial score (nSPS) is 16.3. The predicted octanol–water partition coefficient (Wildman–Crippen LogP) is 4.27. The Morgan fingerprint density at radius 2 is 1.77 bits per heavy atom. The van der Waals surface area contributed by atoms with Gasteiger partial charge in [0.2, 0.25) is 0 Å². The van der Waals surface area contributed by atoms with Crippen molar-refractivity contribution in [3.05, 3.63) is 49.9 Å². The molecule has 9 heteroatoms. The lowest BCUT2D eigenvalue weighted by Gasteiger charge is -2.28. The largest absolute Gasteiger partial charge is 0.366 e. The summed E-state index contributed by atoms with van der Waals surface area (Å²) in [5, 5.41) is 14.9. The maximum atomic E-state index is 12.9. The van der Waals surface area contributed by atoms with Crippen LogP contribution in [0.15, 0.2) is 18.2 Å². The fourth-order valence-corrected chi connectivity index (χ4v) is 5.77. The number of carbonyl (C=O) groups is 2. The van der Waals surface area contributed by atoms with Crippen LogP contribution in [0.1, 0.15) is 69.7 Å². The summed E-state index contributed by atoms with van der Waals surface area (Å²) in [6, 6.07) is 4.58. The first kappa shape index (κ1) is 21.3. The summed E-state index contributed by atoms with van der Waals surface area (Å²) in [5.74, 6) is -1.03. The van der Waals surface area contributed by atoms with Gasteiger partial charge in [-0.2, -0.15) is 0 Å². The van der Waals surface area contributed by atoms with Gasteiger partial charge < -0.3 is 16.0 Å². The van der Waals surface area contributed by atoms with Crippen molar-refractivity contribution in [3.8, 4) is 0 Å². The van der Waals surface area contributed by atoms with Crippen molar-refractivity contribution in [3.63, 3.8) is 0 Å². The third-order valence-electron chi connectivity index (χ3n) is 6.03. The SMILES string of the molecule is NC(=O)c1c(NC(=O)c2ccc(N3CCCCC3)c([N+](=O)[O-])c2)sc2c1CCCCC2. The molecule has 8 nitrogen and oxygen atoms in total. The lowest BCUT2D eigenvalue weighted by atomic mass is 10.0. The third kappa shape index (κ3) is 4.41. The number of primary amides is 1. The number of nitro groups is 1. The van der Waals surface area contributed by atoms with Gasteiger partial charge in [-0.25, -0.2) is 0 Å². The second-order valence-corrected chi connectivity index (χ2v) is 9.20. The van der Waals surface area contributed by atoms with E-state index in [9.17, 15) is 19.7 Å². The van der Waals surface area contributed by atoms with Gasteiger partial charge in [-0.1, -0.05) is 6.42 Å². The summed E-state index contributed by atoms with van der Waals surface area (Å²) < 4.78 is 0. The number of nitro benzene ring substituents is 1. The highest BCUT2D eigenvalue weighted by Gasteiger charge is 2.26. The van der Waals surface area contributed by atoms with Crippen LogP contribution in [0.4, 0.5) is 16.4 Å². The first-order valence-corrected chi connectivity index (χ1v) is 11.6. The lowest BCUT2D eigenvalue weighted by molar-refractivity contribution is -0.384. The standard InChI is InChI=1S/C22H26N4O4S/c23-20(27)19-15-7-3-1-4-8-18(15)31-22(19)24-21(28)14-9-10-16(17(13-14)26(29)30)25-11-5-2-6-12-25/h9-10,13H,1-8,11-12H2,(H2,23,27)(H,24,28). The number of carbonyl (C=O) groups excluding carboxylic acids is 2. The summed E-state index contributed by atoms with van der Waals surface area (Å²) in [7, 11) is 0. The predicted molar refractivity (Wildman–Crippen MR) is 121 cm³/mol. The molecule has 0 atom stereocenters. The van der Waals surface area contributed by atoms with E-state index in [-0.39, 0.29) is 11.3 Å². The Labute approximate surface area is 184 Å². The molecular weight excluding hydrogens is 416 g/mol. The Hall–Kier alpha value is -2.94.